The maximum atomic E-state index is 13.8. The Balaban J connectivity index is 2.38. The van der Waals surface area contributed by atoms with Gasteiger partial charge in [-0.25, -0.2) is 14.2 Å². The molecule has 0 saturated carbocycles. The lowest BCUT2D eigenvalue weighted by molar-refractivity contribution is -0.125. The summed E-state index contributed by atoms with van der Waals surface area (Å²) in [6, 6.07) is 9.40. The summed E-state index contributed by atoms with van der Waals surface area (Å²) in [4.78, 5) is 52.8. The number of hydrogen-bond donors (Lipinski definition) is 1. The van der Waals surface area contributed by atoms with Gasteiger partial charge < -0.3 is 15.2 Å². The Hall–Kier alpha value is -3.24. The van der Waals surface area contributed by atoms with E-state index in [2.05, 4.69) is 0 Å². The standard InChI is InChI=1S/C25H31N3O6S/c1-7-33-22(30)19-15(4)18-20(29)28(25(5,6)23(26)31)24(32)27(21(18)35-19)13-17(34-14(2)3)16-11-9-8-10-12-16/h8-12,14,17H,7,13H2,1-6H3,(H2,26,31). The fourth-order valence-electron chi connectivity index (χ4n) is 3.89. The molecule has 0 aliphatic carbocycles. The zero-order valence-corrected chi connectivity index (χ0v) is 21.6. The fourth-order valence-corrected chi connectivity index (χ4v) is 5.09. The highest BCUT2D eigenvalue weighted by Crippen LogP contribution is 2.31. The number of carbonyl (C=O) groups excluding carboxylic acids is 2. The van der Waals surface area contributed by atoms with Crippen LogP contribution in [0, 0.1) is 6.92 Å². The third-order valence-electron chi connectivity index (χ3n) is 5.79. The van der Waals surface area contributed by atoms with Gasteiger partial charge in [0.15, 0.2) is 0 Å². The Morgan fingerprint density at radius 1 is 1.14 bits per heavy atom. The molecule has 188 valence electrons. The lowest BCUT2D eigenvalue weighted by atomic mass is 10.0. The van der Waals surface area contributed by atoms with E-state index in [9.17, 15) is 19.2 Å². The predicted molar refractivity (Wildman–Crippen MR) is 135 cm³/mol. The zero-order valence-electron chi connectivity index (χ0n) is 20.8. The smallest absolute Gasteiger partial charge is 0.348 e. The number of rotatable bonds is 9. The molecule has 0 aliphatic rings. The van der Waals surface area contributed by atoms with Crippen LogP contribution in [0.15, 0.2) is 39.9 Å². The number of aryl methyl sites for hydroxylation is 1. The fraction of sp³-hybridized carbons (Fsp3) is 0.440. The van der Waals surface area contributed by atoms with Crippen molar-refractivity contribution < 1.29 is 19.1 Å². The molecule has 0 radical (unpaired) electrons. The molecular formula is C25H31N3O6S. The first-order valence-electron chi connectivity index (χ1n) is 11.4. The number of ether oxygens (including phenoxy) is 2. The van der Waals surface area contributed by atoms with E-state index in [1.807, 2.05) is 44.2 Å². The number of nitrogens with two attached hydrogens (primary N) is 1. The van der Waals surface area contributed by atoms with E-state index in [1.165, 1.54) is 18.4 Å². The van der Waals surface area contributed by atoms with Crippen LogP contribution >= 0.6 is 11.3 Å². The van der Waals surface area contributed by atoms with Gasteiger partial charge in [0.05, 0.1) is 24.6 Å². The number of amides is 1. The summed E-state index contributed by atoms with van der Waals surface area (Å²) in [5, 5.41) is 0.170. The Bertz CT molecular complexity index is 1370. The van der Waals surface area contributed by atoms with Crippen LogP contribution in [0.25, 0.3) is 10.2 Å². The molecule has 1 aromatic carbocycles. The van der Waals surface area contributed by atoms with Gasteiger partial charge in [-0.05, 0) is 52.7 Å². The largest absolute Gasteiger partial charge is 0.462 e. The summed E-state index contributed by atoms with van der Waals surface area (Å²) in [5.41, 5.74) is 3.80. The molecule has 0 bridgehead atoms. The molecule has 1 amide bonds. The first kappa shape index (κ1) is 26.4. The van der Waals surface area contributed by atoms with Crippen LogP contribution in [0.3, 0.4) is 0 Å². The van der Waals surface area contributed by atoms with Crippen molar-refractivity contribution in [2.45, 2.75) is 65.8 Å². The summed E-state index contributed by atoms with van der Waals surface area (Å²) < 4.78 is 13.6. The first-order chi connectivity index (χ1) is 16.4. The minimum atomic E-state index is -1.61. The van der Waals surface area contributed by atoms with Crippen molar-refractivity contribution in [2.24, 2.45) is 5.73 Å². The second kappa shape index (κ2) is 10.2. The van der Waals surface area contributed by atoms with E-state index in [4.69, 9.17) is 15.2 Å². The molecule has 1 atom stereocenters. The van der Waals surface area contributed by atoms with Gasteiger partial charge in [0.2, 0.25) is 5.91 Å². The molecular weight excluding hydrogens is 470 g/mol. The Morgan fingerprint density at radius 2 is 1.77 bits per heavy atom. The highest BCUT2D eigenvalue weighted by molar-refractivity contribution is 7.20. The maximum absolute atomic E-state index is 13.8. The molecule has 0 saturated heterocycles. The molecule has 3 aromatic rings. The molecule has 35 heavy (non-hydrogen) atoms. The Kier molecular flexibility index (Phi) is 7.66. The van der Waals surface area contributed by atoms with Crippen LogP contribution in [0.2, 0.25) is 0 Å². The number of aromatic nitrogens is 2. The highest BCUT2D eigenvalue weighted by atomic mass is 32.1. The van der Waals surface area contributed by atoms with E-state index in [-0.39, 0.29) is 29.5 Å². The van der Waals surface area contributed by atoms with Crippen molar-refractivity contribution in [3.63, 3.8) is 0 Å². The molecule has 0 aliphatic heterocycles. The summed E-state index contributed by atoms with van der Waals surface area (Å²) >= 11 is 1.01. The van der Waals surface area contributed by atoms with Gasteiger partial charge in [0.1, 0.15) is 21.4 Å². The van der Waals surface area contributed by atoms with Crippen LogP contribution in [0.5, 0.6) is 0 Å². The van der Waals surface area contributed by atoms with Crippen molar-refractivity contribution in [3.8, 4) is 0 Å². The minimum Gasteiger partial charge on any atom is -0.462 e. The van der Waals surface area contributed by atoms with Crippen LogP contribution < -0.4 is 17.0 Å². The number of benzene rings is 1. The van der Waals surface area contributed by atoms with E-state index in [0.717, 1.165) is 21.5 Å². The second-order valence-electron chi connectivity index (χ2n) is 9.00. The maximum Gasteiger partial charge on any atom is 0.348 e. The summed E-state index contributed by atoms with van der Waals surface area (Å²) in [5.74, 6) is -1.41. The van der Waals surface area contributed by atoms with Crippen LogP contribution in [0.1, 0.15) is 61.5 Å². The van der Waals surface area contributed by atoms with E-state index >= 15 is 0 Å². The SMILES string of the molecule is CCOC(=O)c1sc2c(c1C)c(=O)n(C(C)(C)C(N)=O)c(=O)n2CC(OC(C)C)c1ccccc1. The van der Waals surface area contributed by atoms with Gasteiger partial charge in [0, 0.05) is 0 Å². The number of fused-ring (bicyclic) bond motifs is 1. The van der Waals surface area contributed by atoms with Gasteiger partial charge in [0.25, 0.3) is 5.56 Å². The molecule has 2 aromatic heterocycles. The number of nitrogens with zero attached hydrogens (tertiary/aromatic N) is 2. The Labute approximate surface area is 207 Å². The number of esters is 1. The average molecular weight is 502 g/mol. The molecule has 1 unspecified atom stereocenters. The topological polar surface area (TPSA) is 123 Å². The average Bonchev–Trinajstić information content (AvgIpc) is 3.13. The van der Waals surface area contributed by atoms with Crippen LogP contribution in [-0.2, 0) is 26.4 Å². The van der Waals surface area contributed by atoms with Gasteiger partial charge in [-0.1, -0.05) is 30.3 Å². The predicted octanol–water partition coefficient (Wildman–Crippen LogP) is 3.10. The van der Waals surface area contributed by atoms with Crippen LogP contribution in [-0.4, -0.2) is 33.7 Å². The molecule has 0 fully saturated rings. The van der Waals surface area contributed by atoms with E-state index in [1.54, 1.807) is 13.8 Å². The number of primary amides is 1. The molecule has 3 rings (SSSR count). The van der Waals surface area contributed by atoms with Crippen molar-refractivity contribution >= 4 is 33.4 Å². The lowest BCUT2D eigenvalue weighted by Gasteiger charge is -2.26. The summed E-state index contributed by atoms with van der Waals surface area (Å²) in [6.07, 6.45) is -0.687. The molecule has 2 heterocycles. The molecule has 0 spiro atoms. The van der Waals surface area contributed by atoms with Crippen molar-refractivity contribution in [1.29, 1.82) is 0 Å². The number of hydrogen-bond acceptors (Lipinski definition) is 7. The lowest BCUT2D eigenvalue weighted by Crippen LogP contribution is -2.54. The van der Waals surface area contributed by atoms with E-state index in [0.29, 0.717) is 10.4 Å². The van der Waals surface area contributed by atoms with Gasteiger partial charge in [-0.2, -0.15) is 0 Å². The van der Waals surface area contributed by atoms with Crippen LogP contribution in [0.4, 0.5) is 0 Å². The molecule has 9 nitrogen and oxygen atoms in total. The number of thiophene rings is 1. The first-order valence-corrected chi connectivity index (χ1v) is 12.2. The van der Waals surface area contributed by atoms with E-state index < -0.39 is 34.8 Å². The zero-order chi connectivity index (χ0) is 26.1. The van der Waals surface area contributed by atoms with Crippen molar-refractivity contribution in [1.82, 2.24) is 9.13 Å². The third-order valence-corrected chi connectivity index (χ3v) is 7.09. The number of carbonyl (C=O) groups is 2. The van der Waals surface area contributed by atoms with Gasteiger partial charge in [-0.3, -0.25) is 14.2 Å². The molecule has 10 heteroatoms. The van der Waals surface area contributed by atoms with Crippen molar-refractivity contribution in [2.75, 3.05) is 6.61 Å². The van der Waals surface area contributed by atoms with Gasteiger partial charge in [-0.15, -0.1) is 11.3 Å². The third kappa shape index (κ3) is 4.94. The monoisotopic (exact) mass is 501 g/mol. The molecule has 2 N–H and O–H groups in total. The minimum absolute atomic E-state index is 0.0505. The summed E-state index contributed by atoms with van der Waals surface area (Å²) in [7, 11) is 0. The normalized spacial score (nSPS) is 12.8. The second-order valence-corrected chi connectivity index (χ2v) is 10.00. The van der Waals surface area contributed by atoms with Gasteiger partial charge >= 0.3 is 11.7 Å². The quantitative estimate of drug-likeness (QED) is 0.450. The summed E-state index contributed by atoms with van der Waals surface area (Å²) in [6.45, 7) is 10.1. The van der Waals surface area contributed by atoms with Crippen molar-refractivity contribution in [3.05, 3.63) is 67.2 Å². The Morgan fingerprint density at radius 3 is 2.31 bits per heavy atom. The highest BCUT2D eigenvalue weighted by Gasteiger charge is 2.35.